The molecule has 29 heavy (non-hydrogen) atoms. The summed E-state index contributed by atoms with van der Waals surface area (Å²) < 4.78 is 14.1. The van der Waals surface area contributed by atoms with E-state index < -0.39 is 11.7 Å². The molecule has 6 heteroatoms. The van der Waals surface area contributed by atoms with E-state index >= 15 is 0 Å². The fourth-order valence-electron chi connectivity index (χ4n) is 3.93. The first-order chi connectivity index (χ1) is 14.0. The van der Waals surface area contributed by atoms with E-state index in [-0.39, 0.29) is 11.5 Å². The van der Waals surface area contributed by atoms with Gasteiger partial charge in [-0.1, -0.05) is 18.7 Å². The molecule has 0 saturated heterocycles. The van der Waals surface area contributed by atoms with E-state index in [1.807, 2.05) is 18.2 Å². The molecule has 0 radical (unpaired) electrons. The van der Waals surface area contributed by atoms with Gasteiger partial charge in [0.2, 0.25) is 5.91 Å². The number of benzene rings is 2. The van der Waals surface area contributed by atoms with Gasteiger partial charge in [-0.25, -0.2) is 4.39 Å². The molecule has 1 aliphatic rings. The van der Waals surface area contributed by atoms with E-state index in [1.165, 1.54) is 6.07 Å². The van der Waals surface area contributed by atoms with E-state index in [9.17, 15) is 14.0 Å². The quantitative estimate of drug-likeness (QED) is 0.499. The van der Waals surface area contributed by atoms with Crippen LogP contribution in [0.25, 0.3) is 32.9 Å². The second kappa shape index (κ2) is 6.38. The predicted octanol–water partition coefficient (Wildman–Crippen LogP) is 4.78. The van der Waals surface area contributed by atoms with Crippen LogP contribution in [0.15, 0.2) is 55.3 Å². The zero-order valence-electron chi connectivity index (χ0n) is 15.4. The van der Waals surface area contributed by atoms with E-state index in [1.54, 1.807) is 18.3 Å². The molecule has 2 N–H and O–H groups in total. The summed E-state index contributed by atoms with van der Waals surface area (Å²) in [5.74, 6) is -0.854. The maximum absolute atomic E-state index is 14.1. The number of aromatic nitrogens is 2. The molecule has 2 aromatic heterocycles. The third-order valence-electron chi connectivity index (χ3n) is 5.34. The lowest BCUT2D eigenvalue weighted by Gasteiger charge is -2.09. The van der Waals surface area contributed by atoms with Crippen LogP contribution in [0.5, 0.6) is 0 Å². The number of aryl methyl sites for hydroxylation is 1. The third-order valence-corrected chi connectivity index (χ3v) is 5.34. The molecule has 1 aliphatic carbocycles. The van der Waals surface area contributed by atoms with Crippen molar-refractivity contribution in [1.82, 2.24) is 9.97 Å². The number of fused-ring (bicyclic) bond motifs is 5. The van der Waals surface area contributed by atoms with Gasteiger partial charge in [0.25, 0.3) is 0 Å². The monoisotopic (exact) mass is 385 g/mol. The number of ketones is 1. The minimum atomic E-state index is -0.536. The van der Waals surface area contributed by atoms with Gasteiger partial charge in [0.05, 0.1) is 16.9 Å². The highest BCUT2D eigenvalue weighted by Gasteiger charge is 2.25. The van der Waals surface area contributed by atoms with Crippen molar-refractivity contribution in [2.75, 3.05) is 5.32 Å². The molecule has 0 fully saturated rings. The highest BCUT2D eigenvalue weighted by Crippen LogP contribution is 2.35. The zero-order chi connectivity index (χ0) is 20.1. The number of H-pyrrole nitrogens is 1. The van der Waals surface area contributed by atoms with Crippen molar-refractivity contribution in [3.63, 3.8) is 0 Å². The molecule has 4 aromatic rings. The van der Waals surface area contributed by atoms with Crippen molar-refractivity contribution in [2.45, 2.75) is 12.8 Å². The number of hydrogen-bond acceptors (Lipinski definition) is 3. The zero-order valence-corrected chi connectivity index (χ0v) is 15.4. The molecule has 0 atom stereocenters. The number of halogens is 1. The largest absolute Gasteiger partial charge is 0.357 e. The smallest absolute Gasteiger partial charge is 0.247 e. The Hall–Kier alpha value is -3.80. The molecule has 2 aromatic carbocycles. The van der Waals surface area contributed by atoms with Crippen molar-refractivity contribution >= 4 is 39.1 Å². The van der Waals surface area contributed by atoms with Crippen molar-refractivity contribution < 1.29 is 14.0 Å². The minimum Gasteiger partial charge on any atom is -0.357 e. The summed E-state index contributed by atoms with van der Waals surface area (Å²) in [5.41, 5.74) is 4.05. The van der Waals surface area contributed by atoms with Gasteiger partial charge < -0.3 is 10.3 Å². The average Bonchev–Trinajstić information content (AvgIpc) is 3.29. The van der Waals surface area contributed by atoms with Gasteiger partial charge in [0.1, 0.15) is 5.82 Å². The number of amides is 1. The molecule has 0 spiro atoms. The number of nitrogens with one attached hydrogen (secondary N) is 2. The molecule has 5 nitrogen and oxygen atoms in total. The summed E-state index contributed by atoms with van der Waals surface area (Å²) in [6.07, 6.45) is 4.12. The summed E-state index contributed by atoms with van der Waals surface area (Å²) in [7, 11) is 0. The van der Waals surface area contributed by atoms with E-state index in [0.29, 0.717) is 17.7 Å². The molecule has 1 amide bonds. The molecule has 0 unspecified atom stereocenters. The standard InChI is InChI=1S/C23H16FN3O2/c1-2-21(29)26-19-9-12(4-6-16(19)24)18-10-15-13(11-25-18)3-5-14-22-17(27-23(14)15)7-8-20(22)28/h2-6,9-11,27H,1,7-8H2,(H,26,29). The average molecular weight is 385 g/mol. The summed E-state index contributed by atoms with van der Waals surface area (Å²) >= 11 is 0. The number of rotatable bonds is 3. The van der Waals surface area contributed by atoms with Crippen LogP contribution in [-0.2, 0) is 11.2 Å². The first kappa shape index (κ1) is 17.3. The van der Waals surface area contributed by atoms with Gasteiger partial charge in [0, 0.05) is 45.6 Å². The Bertz CT molecular complexity index is 1350. The first-order valence-electron chi connectivity index (χ1n) is 9.25. The topological polar surface area (TPSA) is 74.8 Å². The van der Waals surface area contributed by atoms with Crippen LogP contribution in [-0.4, -0.2) is 21.7 Å². The van der Waals surface area contributed by atoms with Gasteiger partial charge >= 0.3 is 0 Å². The van der Waals surface area contributed by atoms with Crippen LogP contribution in [0, 0.1) is 5.82 Å². The van der Waals surface area contributed by atoms with E-state index in [0.717, 1.165) is 45.4 Å². The van der Waals surface area contributed by atoms with Crippen molar-refractivity contribution in [3.8, 4) is 11.3 Å². The number of Topliss-reactive ketones (excluding diaryl/α,β-unsaturated/α-hetero) is 1. The summed E-state index contributed by atoms with van der Waals surface area (Å²) in [6.45, 7) is 3.38. The Kier molecular flexibility index (Phi) is 3.81. The second-order valence-corrected chi connectivity index (χ2v) is 7.07. The number of nitrogens with zero attached hydrogens (tertiary/aromatic N) is 1. The fraction of sp³-hybridized carbons (Fsp3) is 0.0870. The number of carbonyl (C=O) groups excluding carboxylic acids is 2. The Morgan fingerprint density at radius 2 is 2.03 bits per heavy atom. The Morgan fingerprint density at radius 1 is 1.17 bits per heavy atom. The highest BCUT2D eigenvalue weighted by molar-refractivity contribution is 6.17. The van der Waals surface area contributed by atoms with E-state index in [4.69, 9.17) is 0 Å². The normalized spacial score (nSPS) is 13.1. The lowest BCUT2D eigenvalue weighted by Crippen LogP contribution is -2.08. The summed E-state index contributed by atoms with van der Waals surface area (Å²) in [5, 5.41) is 5.27. The number of anilines is 1. The SMILES string of the molecule is C=CC(=O)Nc1cc(-c2cc3c(ccc4c5c([nH]c43)CCC5=O)cn2)ccc1F. The summed E-state index contributed by atoms with van der Waals surface area (Å²) in [4.78, 5) is 31.7. The van der Waals surface area contributed by atoms with Gasteiger partial charge in [-0.3, -0.25) is 14.6 Å². The van der Waals surface area contributed by atoms with Crippen molar-refractivity contribution in [2.24, 2.45) is 0 Å². The van der Waals surface area contributed by atoms with Crippen molar-refractivity contribution in [3.05, 3.63) is 72.3 Å². The number of carbonyl (C=O) groups is 2. The highest BCUT2D eigenvalue weighted by atomic mass is 19.1. The number of pyridine rings is 1. The Labute approximate surface area is 165 Å². The maximum atomic E-state index is 14.1. The van der Waals surface area contributed by atoms with Crippen LogP contribution >= 0.6 is 0 Å². The minimum absolute atomic E-state index is 0.0666. The molecule has 0 bridgehead atoms. The molecular formula is C23H16FN3O2. The molecule has 0 saturated carbocycles. The van der Waals surface area contributed by atoms with Gasteiger partial charge in [-0.2, -0.15) is 0 Å². The predicted molar refractivity (Wildman–Crippen MR) is 110 cm³/mol. The number of aromatic amines is 1. The van der Waals surface area contributed by atoms with Crippen LogP contribution in [0.3, 0.4) is 0 Å². The van der Waals surface area contributed by atoms with Crippen molar-refractivity contribution in [1.29, 1.82) is 0 Å². The Balaban J connectivity index is 1.67. The molecular weight excluding hydrogens is 369 g/mol. The van der Waals surface area contributed by atoms with Crippen LogP contribution in [0.2, 0.25) is 0 Å². The Morgan fingerprint density at radius 3 is 2.86 bits per heavy atom. The van der Waals surface area contributed by atoms with Crippen LogP contribution < -0.4 is 5.32 Å². The van der Waals surface area contributed by atoms with Crippen LogP contribution in [0.4, 0.5) is 10.1 Å². The third kappa shape index (κ3) is 2.72. The van der Waals surface area contributed by atoms with Crippen LogP contribution in [0.1, 0.15) is 22.5 Å². The first-order valence-corrected chi connectivity index (χ1v) is 9.25. The fourth-order valence-corrected chi connectivity index (χ4v) is 3.93. The van der Waals surface area contributed by atoms with Gasteiger partial charge in [0.15, 0.2) is 5.78 Å². The summed E-state index contributed by atoms with van der Waals surface area (Å²) in [6, 6.07) is 10.3. The number of hydrogen-bond donors (Lipinski definition) is 2. The molecule has 2 heterocycles. The van der Waals surface area contributed by atoms with Gasteiger partial charge in [-0.15, -0.1) is 0 Å². The molecule has 0 aliphatic heterocycles. The van der Waals surface area contributed by atoms with E-state index in [2.05, 4.69) is 21.9 Å². The molecule has 5 rings (SSSR count). The van der Waals surface area contributed by atoms with Gasteiger partial charge in [-0.05, 0) is 36.8 Å². The lowest BCUT2D eigenvalue weighted by atomic mass is 10.0. The lowest BCUT2D eigenvalue weighted by molar-refractivity contribution is -0.111. The molecule has 142 valence electrons. The maximum Gasteiger partial charge on any atom is 0.247 e. The second-order valence-electron chi connectivity index (χ2n) is 7.07.